The summed E-state index contributed by atoms with van der Waals surface area (Å²) in [6.07, 6.45) is 4.75. The van der Waals surface area contributed by atoms with Gasteiger partial charge in [0, 0.05) is 18.2 Å². The molecule has 1 N–H and O–H groups in total. The molecule has 0 aromatic heterocycles. The molecule has 0 unspecified atom stereocenters. The molecule has 1 aliphatic rings. The van der Waals surface area contributed by atoms with Gasteiger partial charge in [-0.3, -0.25) is 4.79 Å². The van der Waals surface area contributed by atoms with Crippen LogP contribution >= 0.6 is 0 Å². The van der Waals surface area contributed by atoms with Gasteiger partial charge in [-0.1, -0.05) is 19.1 Å². The minimum atomic E-state index is -3.15. The van der Waals surface area contributed by atoms with Gasteiger partial charge in [-0.2, -0.15) is 0 Å². The summed E-state index contributed by atoms with van der Waals surface area (Å²) < 4.78 is 35.5. The van der Waals surface area contributed by atoms with Crippen LogP contribution in [-0.2, 0) is 14.6 Å². The van der Waals surface area contributed by atoms with Gasteiger partial charge in [-0.15, -0.1) is 0 Å². The summed E-state index contributed by atoms with van der Waals surface area (Å²) in [6, 6.07) is 6.72. The summed E-state index contributed by atoms with van der Waals surface area (Å²) in [4.78, 5) is 12.1. The van der Waals surface area contributed by atoms with E-state index in [9.17, 15) is 17.6 Å². The molecule has 0 saturated heterocycles. The number of nitrogens with one attached hydrogen (secondary N) is 1. The van der Waals surface area contributed by atoms with Gasteiger partial charge in [0.05, 0.1) is 5.75 Å². The molecule has 0 spiro atoms. The Morgan fingerprint density at radius 2 is 1.78 bits per heavy atom. The number of halogens is 1. The highest BCUT2D eigenvalue weighted by Gasteiger charge is 2.26. The third kappa shape index (κ3) is 5.61. The number of benzene rings is 1. The molecule has 0 radical (unpaired) electrons. The first-order valence-electron chi connectivity index (χ1n) is 7.98. The molecule has 4 nitrogen and oxygen atoms in total. The minimum absolute atomic E-state index is 0.0983. The molecule has 1 amide bonds. The van der Waals surface area contributed by atoms with Crippen LogP contribution in [0.15, 0.2) is 24.3 Å². The van der Waals surface area contributed by atoms with Gasteiger partial charge in [0.2, 0.25) is 5.91 Å². The zero-order valence-corrected chi connectivity index (χ0v) is 14.4. The Kier molecular flexibility index (Phi) is 5.79. The molecule has 2 rings (SSSR count). The van der Waals surface area contributed by atoms with E-state index < -0.39 is 15.8 Å². The maximum absolute atomic E-state index is 13.0. The van der Waals surface area contributed by atoms with Gasteiger partial charge in [0.15, 0.2) is 0 Å². The topological polar surface area (TPSA) is 63.2 Å². The molecule has 1 fully saturated rings. The fraction of sp³-hybridized carbons (Fsp3) is 0.588. The lowest BCUT2D eigenvalue weighted by Gasteiger charge is -2.30. The quantitative estimate of drug-likeness (QED) is 0.895. The van der Waals surface area contributed by atoms with Crippen LogP contribution < -0.4 is 5.32 Å². The number of carbonyl (C=O) groups is 1. The van der Waals surface area contributed by atoms with Crippen molar-refractivity contribution in [2.75, 3.05) is 12.0 Å². The predicted octanol–water partition coefficient (Wildman–Crippen LogP) is 2.65. The molecule has 0 bridgehead atoms. The van der Waals surface area contributed by atoms with Crippen LogP contribution in [0.4, 0.5) is 4.39 Å². The normalized spacial score (nSPS) is 23.3. The smallest absolute Gasteiger partial charge is 0.224 e. The van der Waals surface area contributed by atoms with Gasteiger partial charge in [0.1, 0.15) is 15.7 Å². The van der Waals surface area contributed by atoms with E-state index in [4.69, 9.17) is 0 Å². The van der Waals surface area contributed by atoms with Crippen molar-refractivity contribution in [3.05, 3.63) is 35.6 Å². The molecule has 128 valence electrons. The highest BCUT2D eigenvalue weighted by Crippen LogP contribution is 2.33. The first-order valence-corrected chi connectivity index (χ1v) is 10.0. The molecular formula is C17H24FNO3S. The number of carbonyl (C=O) groups excluding carboxylic acids is 1. The van der Waals surface area contributed by atoms with Crippen LogP contribution in [0.25, 0.3) is 0 Å². The summed E-state index contributed by atoms with van der Waals surface area (Å²) in [5.74, 6) is -0.670. The van der Waals surface area contributed by atoms with Gasteiger partial charge in [-0.25, -0.2) is 12.8 Å². The lowest BCUT2D eigenvalue weighted by atomic mass is 9.81. The van der Waals surface area contributed by atoms with Crippen molar-refractivity contribution in [1.82, 2.24) is 5.32 Å². The number of sulfone groups is 1. The fourth-order valence-corrected chi connectivity index (χ4v) is 4.24. The first kappa shape index (κ1) is 17.9. The number of hydrogen-bond donors (Lipinski definition) is 1. The van der Waals surface area contributed by atoms with Crippen molar-refractivity contribution >= 4 is 15.7 Å². The van der Waals surface area contributed by atoms with Crippen molar-refractivity contribution in [2.45, 2.75) is 44.6 Å². The average molecular weight is 341 g/mol. The maximum Gasteiger partial charge on any atom is 0.224 e. The first-order chi connectivity index (χ1) is 10.7. The summed E-state index contributed by atoms with van der Waals surface area (Å²) in [7, 11) is -3.15. The number of rotatable bonds is 5. The number of hydrogen-bond acceptors (Lipinski definition) is 3. The molecule has 1 aromatic rings. The van der Waals surface area contributed by atoms with Crippen LogP contribution in [0.1, 0.15) is 44.1 Å². The van der Waals surface area contributed by atoms with E-state index in [0.717, 1.165) is 37.5 Å². The SMILES string of the molecule is C[C@@H](CS(C)(=O)=O)C(=O)NC1CCC(c2ccc(F)cc2)CC1. The van der Waals surface area contributed by atoms with E-state index in [1.54, 1.807) is 6.92 Å². The Balaban J connectivity index is 1.82. The van der Waals surface area contributed by atoms with Crippen molar-refractivity contribution in [3.63, 3.8) is 0 Å². The Hall–Kier alpha value is -1.43. The fourth-order valence-electron chi connectivity index (χ4n) is 3.18. The van der Waals surface area contributed by atoms with Gasteiger partial charge in [-0.05, 0) is 49.3 Å². The molecule has 23 heavy (non-hydrogen) atoms. The van der Waals surface area contributed by atoms with Crippen molar-refractivity contribution in [2.24, 2.45) is 5.92 Å². The van der Waals surface area contributed by atoms with E-state index in [1.165, 1.54) is 12.1 Å². The molecule has 6 heteroatoms. The Morgan fingerprint density at radius 3 is 2.30 bits per heavy atom. The molecule has 1 saturated carbocycles. The molecule has 1 atom stereocenters. The van der Waals surface area contributed by atoms with Gasteiger partial charge >= 0.3 is 0 Å². The van der Waals surface area contributed by atoms with Crippen LogP contribution in [0.5, 0.6) is 0 Å². The monoisotopic (exact) mass is 341 g/mol. The Bertz CT molecular complexity index is 634. The largest absolute Gasteiger partial charge is 0.353 e. The van der Waals surface area contributed by atoms with Crippen LogP contribution in [0.2, 0.25) is 0 Å². The van der Waals surface area contributed by atoms with Crippen molar-refractivity contribution in [1.29, 1.82) is 0 Å². The standard InChI is InChI=1S/C17H24FNO3S/c1-12(11-23(2,21)22)17(20)19-16-9-5-14(6-10-16)13-3-7-15(18)8-4-13/h3-4,7-8,12,14,16H,5-6,9-11H2,1-2H3,(H,19,20)/t12-,14?,16?/m0/s1. The maximum atomic E-state index is 13.0. The predicted molar refractivity (Wildman–Crippen MR) is 88.4 cm³/mol. The lowest BCUT2D eigenvalue weighted by Crippen LogP contribution is -2.41. The lowest BCUT2D eigenvalue weighted by molar-refractivity contribution is -0.124. The molecule has 1 aliphatic carbocycles. The summed E-state index contributed by atoms with van der Waals surface area (Å²) in [6.45, 7) is 1.64. The van der Waals surface area contributed by atoms with E-state index in [0.29, 0.717) is 5.92 Å². The average Bonchev–Trinajstić information content (AvgIpc) is 2.47. The second kappa shape index (κ2) is 7.43. The van der Waals surface area contributed by atoms with E-state index in [1.807, 2.05) is 12.1 Å². The van der Waals surface area contributed by atoms with E-state index in [2.05, 4.69) is 5.32 Å². The van der Waals surface area contributed by atoms with Crippen LogP contribution in [0.3, 0.4) is 0 Å². The molecule has 1 aromatic carbocycles. The Morgan fingerprint density at radius 1 is 1.22 bits per heavy atom. The van der Waals surface area contributed by atoms with Gasteiger partial charge < -0.3 is 5.32 Å². The zero-order valence-electron chi connectivity index (χ0n) is 13.6. The summed E-state index contributed by atoms with van der Waals surface area (Å²) in [5, 5.41) is 2.96. The third-order valence-electron chi connectivity index (χ3n) is 4.42. The molecule has 0 aliphatic heterocycles. The molecule has 0 heterocycles. The van der Waals surface area contributed by atoms with E-state index >= 15 is 0 Å². The molecular weight excluding hydrogens is 317 g/mol. The second-order valence-corrected chi connectivity index (χ2v) is 8.79. The van der Waals surface area contributed by atoms with Crippen molar-refractivity contribution < 1.29 is 17.6 Å². The third-order valence-corrected chi connectivity index (χ3v) is 5.52. The number of amides is 1. The van der Waals surface area contributed by atoms with Crippen LogP contribution in [0, 0.1) is 11.7 Å². The second-order valence-electron chi connectivity index (χ2n) is 6.60. The zero-order chi connectivity index (χ0) is 17.0. The highest BCUT2D eigenvalue weighted by atomic mass is 32.2. The highest BCUT2D eigenvalue weighted by molar-refractivity contribution is 7.90. The summed E-state index contributed by atoms with van der Waals surface area (Å²) in [5.41, 5.74) is 1.14. The minimum Gasteiger partial charge on any atom is -0.353 e. The van der Waals surface area contributed by atoms with Crippen LogP contribution in [-0.4, -0.2) is 32.4 Å². The Labute approximate surface area is 137 Å². The summed E-state index contributed by atoms with van der Waals surface area (Å²) >= 11 is 0. The van der Waals surface area contributed by atoms with E-state index in [-0.39, 0.29) is 23.5 Å². The van der Waals surface area contributed by atoms with Gasteiger partial charge in [0.25, 0.3) is 0 Å². The van der Waals surface area contributed by atoms with Crippen molar-refractivity contribution in [3.8, 4) is 0 Å².